The van der Waals surface area contributed by atoms with E-state index in [1.54, 1.807) is 7.05 Å². The van der Waals surface area contributed by atoms with Gasteiger partial charge in [0.1, 0.15) is 13.1 Å². The predicted molar refractivity (Wildman–Crippen MR) is 117 cm³/mol. The molecule has 0 atom stereocenters. The lowest BCUT2D eigenvalue weighted by Crippen LogP contribution is -3.14. The molecule has 31 heavy (non-hydrogen) atoms. The van der Waals surface area contributed by atoms with Gasteiger partial charge in [-0.25, -0.2) is 4.79 Å². The highest BCUT2D eigenvalue weighted by molar-refractivity contribution is 5.77. The number of aryl methyl sites for hydroxylation is 2. The number of fused-ring (bicyclic) bond motifs is 3. The molecule has 1 N–H and O–H groups in total. The standard InChI is InChI=1S/C22H26N6O3/c1-15-16(2)28-18-19(23-21(28)27(15)17-7-5-4-6-8-17)24(3)22(30)26(20(18)29)10-9-25-11-13-31-14-12-25/h4-8H,9-14H2,1-3H3/p+1. The van der Waals surface area contributed by atoms with Crippen molar-refractivity contribution in [2.75, 3.05) is 32.8 Å². The zero-order valence-electron chi connectivity index (χ0n) is 18.1. The molecule has 1 aliphatic heterocycles. The summed E-state index contributed by atoms with van der Waals surface area (Å²) in [6.45, 7) is 8.32. The van der Waals surface area contributed by atoms with E-state index in [1.165, 1.54) is 14.0 Å². The molecule has 5 rings (SSSR count). The Morgan fingerprint density at radius 1 is 1.06 bits per heavy atom. The van der Waals surface area contributed by atoms with Gasteiger partial charge in [-0.3, -0.25) is 22.9 Å². The van der Waals surface area contributed by atoms with E-state index < -0.39 is 0 Å². The van der Waals surface area contributed by atoms with Crippen LogP contribution in [0.25, 0.3) is 22.6 Å². The van der Waals surface area contributed by atoms with E-state index >= 15 is 0 Å². The minimum atomic E-state index is -0.327. The number of benzene rings is 1. The van der Waals surface area contributed by atoms with Gasteiger partial charge in [0.25, 0.3) is 5.56 Å². The van der Waals surface area contributed by atoms with Crippen molar-refractivity contribution in [3.63, 3.8) is 0 Å². The summed E-state index contributed by atoms with van der Waals surface area (Å²) in [5.41, 5.74) is 3.15. The van der Waals surface area contributed by atoms with Crippen LogP contribution >= 0.6 is 0 Å². The molecule has 9 heteroatoms. The third-order valence-corrected chi connectivity index (χ3v) is 6.42. The topological polar surface area (TPSA) is 79.9 Å². The Bertz CT molecular complexity index is 1390. The van der Waals surface area contributed by atoms with E-state index in [2.05, 4.69) is 0 Å². The summed E-state index contributed by atoms with van der Waals surface area (Å²) in [6, 6.07) is 9.93. The van der Waals surface area contributed by atoms with E-state index in [0.29, 0.717) is 23.5 Å². The lowest BCUT2D eigenvalue weighted by atomic mass is 10.3. The second-order valence-corrected chi connectivity index (χ2v) is 8.17. The van der Waals surface area contributed by atoms with Gasteiger partial charge in [-0.15, -0.1) is 0 Å². The van der Waals surface area contributed by atoms with Gasteiger partial charge in [0.05, 0.1) is 26.3 Å². The van der Waals surface area contributed by atoms with Gasteiger partial charge in [-0.05, 0) is 26.0 Å². The van der Waals surface area contributed by atoms with Crippen LogP contribution in [-0.4, -0.2) is 55.9 Å². The van der Waals surface area contributed by atoms with Crippen LogP contribution in [0.2, 0.25) is 0 Å². The minimum Gasteiger partial charge on any atom is -0.370 e. The fourth-order valence-corrected chi connectivity index (χ4v) is 4.51. The average molecular weight is 423 g/mol. The lowest BCUT2D eigenvalue weighted by molar-refractivity contribution is -0.908. The SMILES string of the molecule is Cc1c(C)n2c3c(=O)n(CC[NH+]4CCOCC4)c(=O)n(C)c3nc2n1-c1ccccc1. The molecule has 4 heterocycles. The van der Waals surface area contributed by atoms with Crippen molar-refractivity contribution in [3.05, 3.63) is 62.6 Å². The normalized spacial score (nSPS) is 15.3. The molecule has 9 nitrogen and oxygen atoms in total. The highest BCUT2D eigenvalue weighted by Crippen LogP contribution is 2.24. The van der Waals surface area contributed by atoms with Crippen molar-refractivity contribution in [3.8, 4) is 5.69 Å². The number of quaternary nitrogens is 1. The number of para-hydroxylation sites is 1. The summed E-state index contributed by atoms with van der Waals surface area (Å²) in [4.78, 5) is 32.6. The number of nitrogens with one attached hydrogen (secondary N) is 1. The number of aromatic nitrogens is 5. The number of rotatable bonds is 4. The van der Waals surface area contributed by atoms with Crippen LogP contribution in [0, 0.1) is 13.8 Å². The summed E-state index contributed by atoms with van der Waals surface area (Å²) in [7, 11) is 1.68. The number of nitrogens with zero attached hydrogens (tertiary/aromatic N) is 5. The molecule has 162 valence electrons. The summed E-state index contributed by atoms with van der Waals surface area (Å²) in [5, 5.41) is 0. The van der Waals surface area contributed by atoms with Gasteiger partial charge in [-0.2, -0.15) is 4.98 Å². The van der Waals surface area contributed by atoms with Gasteiger partial charge in [0, 0.05) is 24.1 Å². The number of hydrogen-bond acceptors (Lipinski definition) is 4. The molecule has 0 unspecified atom stereocenters. The molecular formula is C22H27N6O3+. The zero-order chi connectivity index (χ0) is 21.7. The highest BCUT2D eigenvalue weighted by atomic mass is 16.5. The Labute approximate surface area is 178 Å². The fraction of sp³-hybridized carbons (Fsp3) is 0.409. The third-order valence-electron chi connectivity index (χ3n) is 6.42. The summed E-state index contributed by atoms with van der Waals surface area (Å²) in [6.07, 6.45) is 0. The van der Waals surface area contributed by atoms with Crippen molar-refractivity contribution in [1.29, 1.82) is 0 Å². The molecule has 0 saturated carbocycles. The Balaban J connectivity index is 1.71. The second kappa shape index (κ2) is 7.51. The first-order valence-corrected chi connectivity index (χ1v) is 10.7. The monoisotopic (exact) mass is 423 g/mol. The van der Waals surface area contributed by atoms with Crippen LogP contribution in [0.1, 0.15) is 11.4 Å². The number of hydrogen-bond donors (Lipinski definition) is 1. The van der Waals surface area contributed by atoms with E-state index in [-0.39, 0.29) is 11.2 Å². The number of morpholine rings is 1. The predicted octanol–water partition coefficient (Wildman–Crippen LogP) is -0.329. The van der Waals surface area contributed by atoms with Crippen molar-refractivity contribution >= 4 is 16.9 Å². The molecule has 0 aliphatic carbocycles. The lowest BCUT2D eigenvalue weighted by Gasteiger charge is -2.23. The molecule has 1 fully saturated rings. The third kappa shape index (κ3) is 3.03. The first kappa shape index (κ1) is 19.8. The van der Waals surface area contributed by atoms with Crippen LogP contribution in [-0.2, 0) is 18.3 Å². The van der Waals surface area contributed by atoms with E-state index in [0.717, 1.165) is 49.9 Å². The first-order chi connectivity index (χ1) is 15.0. The maximum Gasteiger partial charge on any atom is 0.332 e. The first-order valence-electron chi connectivity index (χ1n) is 10.7. The van der Waals surface area contributed by atoms with E-state index in [1.807, 2.05) is 53.1 Å². The summed E-state index contributed by atoms with van der Waals surface area (Å²) < 4.78 is 12.2. The second-order valence-electron chi connectivity index (χ2n) is 8.17. The number of ether oxygens (including phenoxy) is 1. The maximum atomic E-state index is 13.5. The van der Waals surface area contributed by atoms with Crippen LogP contribution < -0.4 is 16.1 Å². The molecule has 3 aromatic heterocycles. The minimum absolute atomic E-state index is 0.286. The molecule has 0 amide bonds. The van der Waals surface area contributed by atoms with Gasteiger partial charge in [0.15, 0.2) is 11.2 Å². The van der Waals surface area contributed by atoms with Crippen molar-refractivity contribution < 1.29 is 9.64 Å². The van der Waals surface area contributed by atoms with Gasteiger partial charge in [-0.1, -0.05) is 18.2 Å². The largest absolute Gasteiger partial charge is 0.370 e. The zero-order valence-corrected chi connectivity index (χ0v) is 18.1. The molecule has 1 aromatic carbocycles. The average Bonchev–Trinajstić information content (AvgIpc) is 3.29. The van der Waals surface area contributed by atoms with Crippen molar-refractivity contribution in [2.24, 2.45) is 7.05 Å². The molecular weight excluding hydrogens is 396 g/mol. The maximum absolute atomic E-state index is 13.5. The van der Waals surface area contributed by atoms with E-state index in [4.69, 9.17) is 9.72 Å². The van der Waals surface area contributed by atoms with E-state index in [9.17, 15) is 9.59 Å². The number of imidazole rings is 2. The van der Waals surface area contributed by atoms with Gasteiger partial charge in [0.2, 0.25) is 5.78 Å². The molecule has 0 radical (unpaired) electrons. The van der Waals surface area contributed by atoms with Gasteiger partial charge < -0.3 is 9.64 Å². The Kier molecular flexibility index (Phi) is 4.79. The summed E-state index contributed by atoms with van der Waals surface area (Å²) in [5.74, 6) is 0.639. The van der Waals surface area contributed by atoms with Crippen LogP contribution in [0.15, 0.2) is 39.9 Å². The van der Waals surface area contributed by atoms with Crippen LogP contribution in [0.4, 0.5) is 0 Å². The molecule has 1 saturated heterocycles. The quantitative estimate of drug-likeness (QED) is 0.488. The molecule has 4 aromatic rings. The smallest absolute Gasteiger partial charge is 0.332 e. The Morgan fingerprint density at radius 2 is 1.77 bits per heavy atom. The fourth-order valence-electron chi connectivity index (χ4n) is 4.51. The van der Waals surface area contributed by atoms with Crippen LogP contribution in [0.5, 0.6) is 0 Å². The Hall–Kier alpha value is -3.17. The van der Waals surface area contributed by atoms with Gasteiger partial charge >= 0.3 is 5.69 Å². The highest BCUT2D eigenvalue weighted by Gasteiger charge is 2.24. The van der Waals surface area contributed by atoms with Crippen molar-refractivity contribution in [1.82, 2.24) is 23.1 Å². The molecule has 0 spiro atoms. The van der Waals surface area contributed by atoms with Crippen molar-refractivity contribution in [2.45, 2.75) is 20.4 Å². The molecule has 1 aliphatic rings. The molecule has 0 bridgehead atoms. The summed E-state index contributed by atoms with van der Waals surface area (Å²) >= 11 is 0. The Morgan fingerprint density at radius 3 is 2.48 bits per heavy atom. The van der Waals surface area contributed by atoms with Crippen LogP contribution in [0.3, 0.4) is 0 Å².